The van der Waals surface area contributed by atoms with Gasteiger partial charge in [-0.05, 0) is 19.4 Å². The van der Waals surface area contributed by atoms with Crippen LogP contribution in [0.3, 0.4) is 0 Å². The number of esters is 1. The number of hydrogen-bond acceptors (Lipinski definition) is 3. The van der Waals surface area contributed by atoms with Crippen LogP contribution in [0.2, 0.25) is 0 Å². The molecule has 1 aromatic rings. The first-order chi connectivity index (χ1) is 5.57. The molecule has 0 unspecified atom stereocenters. The lowest BCUT2D eigenvalue weighted by atomic mass is 10.2. The number of carbonyl (C=O) groups excluding carboxylic acids is 1. The van der Waals surface area contributed by atoms with Crippen LogP contribution in [0.1, 0.15) is 20.8 Å². The topological polar surface area (TPSA) is 26.3 Å². The summed E-state index contributed by atoms with van der Waals surface area (Å²) < 4.78 is 17.5. The number of hydrogen-bond donors (Lipinski definition) is 0. The zero-order valence-corrected chi connectivity index (χ0v) is 7.92. The summed E-state index contributed by atoms with van der Waals surface area (Å²) in [7, 11) is 1.24. The Hall–Kier alpha value is -0.900. The Morgan fingerprint density at radius 1 is 1.50 bits per heavy atom. The third-order valence-electron chi connectivity index (χ3n) is 1.73. The molecular formula is C8H9FO2S. The first-order valence-corrected chi connectivity index (χ1v) is 4.23. The van der Waals surface area contributed by atoms with Crippen LogP contribution < -0.4 is 0 Å². The maximum absolute atomic E-state index is 13.0. The fourth-order valence-corrected chi connectivity index (χ4v) is 1.78. The standard InChI is InChI=1S/C8H9FO2S/c1-4-5(2)12-7(9)6(4)8(10)11-3/h1-3H3. The van der Waals surface area contributed by atoms with Gasteiger partial charge in [0.15, 0.2) is 5.13 Å². The second-order valence-corrected chi connectivity index (χ2v) is 3.60. The zero-order valence-electron chi connectivity index (χ0n) is 7.10. The lowest BCUT2D eigenvalue weighted by Gasteiger charge is -1.97. The minimum atomic E-state index is -0.602. The van der Waals surface area contributed by atoms with Crippen molar-refractivity contribution in [2.45, 2.75) is 13.8 Å². The van der Waals surface area contributed by atoms with Gasteiger partial charge in [-0.2, -0.15) is 4.39 Å². The third kappa shape index (κ3) is 1.34. The summed E-state index contributed by atoms with van der Waals surface area (Å²) in [6, 6.07) is 0. The van der Waals surface area contributed by atoms with Crippen LogP contribution in [0.15, 0.2) is 0 Å². The molecule has 0 aliphatic rings. The molecular weight excluding hydrogens is 179 g/mol. The molecule has 0 saturated heterocycles. The second-order valence-electron chi connectivity index (χ2n) is 2.42. The van der Waals surface area contributed by atoms with E-state index in [0.29, 0.717) is 5.56 Å². The molecule has 0 atom stereocenters. The summed E-state index contributed by atoms with van der Waals surface area (Å²) in [5, 5.41) is -0.461. The summed E-state index contributed by atoms with van der Waals surface area (Å²) in [6.07, 6.45) is 0. The average molecular weight is 188 g/mol. The van der Waals surface area contributed by atoms with Crippen LogP contribution in [-0.4, -0.2) is 13.1 Å². The Labute approximate surface area is 74.0 Å². The van der Waals surface area contributed by atoms with Gasteiger partial charge in [0, 0.05) is 4.88 Å². The van der Waals surface area contributed by atoms with E-state index < -0.39 is 11.1 Å². The molecule has 0 aliphatic heterocycles. The molecule has 1 heterocycles. The van der Waals surface area contributed by atoms with Crippen LogP contribution in [0.25, 0.3) is 0 Å². The number of halogens is 1. The largest absolute Gasteiger partial charge is 0.465 e. The molecule has 12 heavy (non-hydrogen) atoms. The Kier molecular flexibility index (Phi) is 2.47. The fraction of sp³-hybridized carbons (Fsp3) is 0.375. The molecule has 2 nitrogen and oxygen atoms in total. The van der Waals surface area contributed by atoms with Gasteiger partial charge in [-0.3, -0.25) is 0 Å². The summed E-state index contributed by atoms with van der Waals surface area (Å²) in [6.45, 7) is 3.48. The molecule has 1 rings (SSSR count). The number of methoxy groups -OCH3 is 1. The Balaban J connectivity index is 3.22. The van der Waals surface area contributed by atoms with Gasteiger partial charge in [0.2, 0.25) is 0 Å². The van der Waals surface area contributed by atoms with E-state index in [9.17, 15) is 9.18 Å². The maximum Gasteiger partial charge on any atom is 0.342 e. The average Bonchev–Trinajstić information content (AvgIpc) is 2.26. The predicted octanol–water partition coefficient (Wildman–Crippen LogP) is 2.29. The highest BCUT2D eigenvalue weighted by atomic mass is 32.1. The quantitative estimate of drug-likeness (QED) is 0.632. The number of carbonyl (C=O) groups is 1. The van der Waals surface area contributed by atoms with Crippen molar-refractivity contribution < 1.29 is 13.9 Å². The van der Waals surface area contributed by atoms with Crippen molar-refractivity contribution in [3.63, 3.8) is 0 Å². The van der Waals surface area contributed by atoms with Crippen molar-refractivity contribution >= 4 is 17.3 Å². The fourth-order valence-electron chi connectivity index (χ4n) is 0.921. The van der Waals surface area contributed by atoms with Crippen LogP contribution in [0.5, 0.6) is 0 Å². The van der Waals surface area contributed by atoms with Crippen molar-refractivity contribution in [1.29, 1.82) is 0 Å². The normalized spacial score (nSPS) is 10.0. The van der Waals surface area contributed by atoms with Crippen molar-refractivity contribution in [2.75, 3.05) is 7.11 Å². The Bertz CT molecular complexity index is 317. The van der Waals surface area contributed by atoms with E-state index in [1.165, 1.54) is 7.11 Å². The van der Waals surface area contributed by atoms with Gasteiger partial charge in [0.1, 0.15) is 5.56 Å². The molecule has 0 N–H and O–H groups in total. The molecule has 0 spiro atoms. The highest BCUT2D eigenvalue weighted by molar-refractivity contribution is 7.10. The van der Waals surface area contributed by atoms with Crippen LogP contribution in [0, 0.1) is 19.0 Å². The predicted molar refractivity (Wildman–Crippen MR) is 45.1 cm³/mol. The van der Waals surface area contributed by atoms with Gasteiger partial charge < -0.3 is 4.74 Å². The van der Waals surface area contributed by atoms with Crippen molar-refractivity contribution in [2.24, 2.45) is 0 Å². The van der Waals surface area contributed by atoms with Crippen molar-refractivity contribution in [3.05, 3.63) is 21.1 Å². The number of thiophene rings is 1. The summed E-state index contributed by atoms with van der Waals surface area (Å²) in [4.78, 5) is 11.8. The van der Waals surface area contributed by atoms with E-state index in [0.717, 1.165) is 16.2 Å². The molecule has 0 fully saturated rings. The van der Waals surface area contributed by atoms with Gasteiger partial charge in [-0.1, -0.05) is 0 Å². The van der Waals surface area contributed by atoms with E-state index in [-0.39, 0.29) is 5.56 Å². The number of ether oxygens (including phenoxy) is 1. The van der Waals surface area contributed by atoms with E-state index in [2.05, 4.69) is 4.74 Å². The minimum absolute atomic E-state index is 0.0694. The third-order valence-corrected chi connectivity index (χ3v) is 2.73. The molecule has 0 saturated carbocycles. The molecule has 0 bridgehead atoms. The lowest BCUT2D eigenvalue weighted by molar-refractivity contribution is 0.0596. The zero-order chi connectivity index (χ0) is 9.30. The Morgan fingerprint density at radius 3 is 2.42 bits per heavy atom. The molecule has 0 aromatic carbocycles. The molecule has 0 aliphatic carbocycles. The summed E-state index contributed by atoms with van der Waals surface area (Å²) >= 11 is 0.972. The molecule has 4 heteroatoms. The smallest absolute Gasteiger partial charge is 0.342 e. The minimum Gasteiger partial charge on any atom is -0.465 e. The maximum atomic E-state index is 13.0. The van der Waals surface area contributed by atoms with Crippen LogP contribution >= 0.6 is 11.3 Å². The van der Waals surface area contributed by atoms with Gasteiger partial charge in [-0.15, -0.1) is 11.3 Å². The van der Waals surface area contributed by atoms with Crippen molar-refractivity contribution in [1.82, 2.24) is 0 Å². The Morgan fingerprint density at radius 2 is 2.08 bits per heavy atom. The number of aryl methyl sites for hydroxylation is 1. The van der Waals surface area contributed by atoms with Gasteiger partial charge >= 0.3 is 5.97 Å². The number of rotatable bonds is 1. The van der Waals surface area contributed by atoms with Gasteiger partial charge in [0.25, 0.3) is 0 Å². The van der Waals surface area contributed by atoms with Crippen molar-refractivity contribution in [3.8, 4) is 0 Å². The first kappa shape index (κ1) is 9.19. The van der Waals surface area contributed by atoms with E-state index >= 15 is 0 Å². The lowest BCUT2D eigenvalue weighted by Crippen LogP contribution is -2.03. The summed E-state index contributed by atoms with van der Waals surface area (Å²) in [5.74, 6) is -0.602. The molecule has 0 radical (unpaired) electrons. The molecule has 1 aromatic heterocycles. The monoisotopic (exact) mass is 188 g/mol. The van der Waals surface area contributed by atoms with Gasteiger partial charge in [0.05, 0.1) is 7.11 Å². The van der Waals surface area contributed by atoms with E-state index in [1.54, 1.807) is 13.8 Å². The molecule has 0 amide bonds. The van der Waals surface area contributed by atoms with Crippen LogP contribution in [0.4, 0.5) is 4.39 Å². The van der Waals surface area contributed by atoms with E-state index in [1.807, 2.05) is 0 Å². The highest BCUT2D eigenvalue weighted by Gasteiger charge is 2.19. The first-order valence-electron chi connectivity index (χ1n) is 3.41. The van der Waals surface area contributed by atoms with E-state index in [4.69, 9.17) is 0 Å². The molecule has 66 valence electrons. The summed E-state index contributed by atoms with van der Waals surface area (Å²) in [5.41, 5.74) is 0.740. The SMILES string of the molecule is COC(=O)c1c(F)sc(C)c1C. The van der Waals surface area contributed by atoms with Gasteiger partial charge in [-0.25, -0.2) is 4.79 Å². The second kappa shape index (κ2) is 3.23. The van der Waals surface area contributed by atoms with Crippen LogP contribution in [-0.2, 0) is 4.74 Å². The highest BCUT2D eigenvalue weighted by Crippen LogP contribution is 2.25.